The Labute approximate surface area is 118 Å². The molecule has 5 nitrogen and oxygen atoms in total. The van der Waals surface area contributed by atoms with Crippen molar-refractivity contribution in [1.29, 1.82) is 0 Å². The molecule has 2 rings (SSSR count). The molecule has 0 radical (unpaired) electrons. The van der Waals surface area contributed by atoms with Gasteiger partial charge >= 0.3 is 5.97 Å². The van der Waals surface area contributed by atoms with Gasteiger partial charge < -0.3 is 15.4 Å². The van der Waals surface area contributed by atoms with Crippen molar-refractivity contribution in [2.45, 2.75) is 13.3 Å². The summed E-state index contributed by atoms with van der Waals surface area (Å²) >= 11 is 0. The van der Waals surface area contributed by atoms with Crippen LogP contribution >= 0.6 is 0 Å². The van der Waals surface area contributed by atoms with Crippen LogP contribution in [0, 0.1) is 11.8 Å². The van der Waals surface area contributed by atoms with E-state index in [4.69, 9.17) is 10.5 Å². The number of esters is 1. The van der Waals surface area contributed by atoms with Crippen LogP contribution in [0.25, 0.3) is 0 Å². The van der Waals surface area contributed by atoms with Gasteiger partial charge in [-0.05, 0) is 17.5 Å². The largest absolute Gasteiger partial charge is 0.469 e. The zero-order chi connectivity index (χ0) is 14.7. The smallest absolute Gasteiger partial charge is 0.310 e. The number of ether oxygens (including phenoxy) is 1. The standard InChI is InChI=1S/C15H20N2O3/c1-10-8-17(9-12(10)15(19)20-2)14(18)7-11-5-3-4-6-13(11)16/h3-6,10,12H,7-9,16H2,1-2H3. The van der Waals surface area contributed by atoms with E-state index in [9.17, 15) is 9.59 Å². The molecular weight excluding hydrogens is 256 g/mol. The molecule has 1 aromatic rings. The zero-order valence-corrected chi connectivity index (χ0v) is 11.8. The topological polar surface area (TPSA) is 72.6 Å². The number of carbonyl (C=O) groups excluding carboxylic acids is 2. The number of para-hydroxylation sites is 1. The second-order valence-corrected chi connectivity index (χ2v) is 5.28. The summed E-state index contributed by atoms with van der Waals surface area (Å²) in [7, 11) is 1.38. The van der Waals surface area contributed by atoms with E-state index < -0.39 is 0 Å². The highest BCUT2D eigenvalue weighted by atomic mass is 16.5. The number of benzene rings is 1. The van der Waals surface area contributed by atoms with Crippen molar-refractivity contribution in [1.82, 2.24) is 4.90 Å². The van der Waals surface area contributed by atoms with Crippen LogP contribution < -0.4 is 5.73 Å². The van der Waals surface area contributed by atoms with Gasteiger partial charge in [0, 0.05) is 18.8 Å². The predicted molar refractivity (Wildman–Crippen MR) is 75.8 cm³/mol. The van der Waals surface area contributed by atoms with Crippen LogP contribution in [0.15, 0.2) is 24.3 Å². The van der Waals surface area contributed by atoms with Crippen LogP contribution in [0.4, 0.5) is 5.69 Å². The molecule has 0 aliphatic carbocycles. The number of rotatable bonds is 3. The normalized spacial score (nSPS) is 21.8. The molecule has 2 unspecified atom stereocenters. The van der Waals surface area contributed by atoms with Crippen molar-refractivity contribution in [2.75, 3.05) is 25.9 Å². The Hall–Kier alpha value is -2.04. The molecule has 2 atom stereocenters. The molecule has 5 heteroatoms. The summed E-state index contributed by atoms with van der Waals surface area (Å²) in [6.07, 6.45) is 0.271. The maximum absolute atomic E-state index is 12.3. The predicted octanol–water partition coefficient (Wildman–Crippen LogP) is 1.08. The lowest BCUT2D eigenvalue weighted by Crippen LogP contribution is -2.31. The first-order valence-corrected chi connectivity index (χ1v) is 6.72. The number of anilines is 1. The Kier molecular flexibility index (Phi) is 4.27. The van der Waals surface area contributed by atoms with Gasteiger partial charge in [0.1, 0.15) is 0 Å². The minimum atomic E-state index is -0.243. The molecule has 108 valence electrons. The third-order valence-electron chi connectivity index (χ3n) is 3.87. The van der Waals surface area contributed by atoms with Gasteiger partial charge in [0.25, 0.3) is 0 Å². The van der Waals surface area contributed by atoms with Gasteiger partial charge in [-0.25, -0.2) is 0 Å². The second kappa shape index (κ2) is 5.94. The highest BCUT2D eigenvalue weighted by Gasteiger charge is 2.37. The van der Waals surface area contributed by atoms with Gasteiger partial charge in [-0.2, -0.15) is 0 Å². The molecule has 0 bridgehead atoms. The molecule has 2 N–H and O–H groups in total. The molecule has 1 saturated heterocycles. The van der Waals surface area contributed by atoms with Crippen LogP contribution in [0.2, 0.25) is 0 Å². The Morgan fingerprint density at radius 2 is 2.05 bits per heavy atom. The number of carbonyl (C=O) groups is 2. The van der Waals surface area contributed by atoms with E-state index in [0.29, 0.717) is 18.8 Å². The van der Waals surface area contributed by atoms with E-state index in [1.807, 2.05) is 25.1 Å². The van der Waals surface area contributed by atoms with Gasteiger partial charge in [0.05, 0.1) is 19.4 Å². The average Bonchev–Trinajstić information content (AvgIpc) is 2.82. The number of nitrogens with two attached hydrogens (primary N) is 1. The molecule has 0 saturated carbocycles. The Morgan fingerprint density at radius 1 is 1.35 bits per heavy atom. The van der Waals surface area contributed by atoms with Crippen LogP contribution in [0.5, 0.6) is 0 Å². The third kappa shape index (κ3) is 2.92. The van der Waals surface area contributed by atoms with E-state index in [2.05, 4.69) is 0 Å². The van der Waals surface area contributed by atoms with Gasteiger partial charge in [-0.15, -0.1) is 0 Å². The number of nitrogen functional groups attached to an aromatic ring is 1. The van der Waals surface area contributed by atoms with Crippen molar-refractivity contribution in [2.24, 2.45) is 11.8 Å². The minimum absolute atomic E-state index is 0.00107. The van der Waals surface area contributed by atoms with Crippen molar-refractivity contribution in [3.05, 3.63) is 29.8 Å². The maximum Gasteiger partial charge on any atom is 0.310 e. The van der Waals surface area contributed by atoms with E-state index in [-0.39, 0.29) is 30.1 Å². The minimum Gasteiger partial charge on any atom is -0.469 e. The first-order valence-electron chi connectivity index (χ1n) is 6.72. The molecule has 1 aromatic carbocycles. The SMILES string of the molecule is COC(=O)C1CN(C(=O)Cc2ccccc2N)CC1C. The molecule has 1 aliphatic rings. The number of amides is 1. The summed E-state index contributed by atoms with van der Waals surface area (Å²) in [6.45, 7) is 2.98. The Bertz CT molecular complexity index is 516. The van der Waals surface area contributed by atoms with E-state index in [1.165, 1.54) is 7.11 Å². The quantitative estimate of drug-likeness (QED) is 0.662. The fourth-order valence-electron chi connectivity index (χ4n) is 2.60. The number of methoxy groups -OCH3 is 1. The van der Waals surface area contributed by atoms with E-state index in [0.717, 1.165) is 5.56 Å². The highest BCUT2D eigenvalue weighted by Crippen LogP contribution is 2.25. The van der Waals surface area contributed by atoms with E-state index in [1.54, 1.807) is 11.0 Å². The monoisotopic (exact) mass is 276 g/mol. The third-order valence-corrected chi connectivity index (χ3v) is 3.87. The molecule has 1 heterocycles. The highest BCUT2D eigenvalue weighted by molar-refractivity contribution is 5.82. The lowest BCUT2D eigenvalue weighted by atomic mass is 9.99. The van der Waals surface area contributed by atoms with Crippen molar-refractivity contribution < 1.29 is 14.3 Å². The summed E-state index contributed by atoms with van der Waals surface area (Å²) in [5, 5.41) is 0. The first-order chi connectivity index (χ1) is 9.52. The second-order valence-electron chi connectivity index (χ2n) is 5.28. The number of likely N-dealkylation sites (tertiary alicyclic amines) is 1. The maximum atomic E-state index is 12.3. The van der Waals surface area contributed by atoms with Crippen molar-refractivity contribution >= 4 is 17.6 Å². The van der Waals surface area contributed by atoms with Crippen LogP contribution in [-0.4, -0.2) is 37.0 Å². The zero-order valence-electron chi connectivity index (χ0n) is 11.8. The average molecular weight is 276 g/mol. The molecule has 0 spiro atoms. The van der Waals surface area contributed by atoms with Crippen LogP contribution in [0.3, 0.4) is 0 Å². The van der Waals surface area contributed by atoms with Crippen molar-refractivity contribution in [3.63, 3.8) is 0 Å². The summed E-state index contributed by atoms with van der Waals surface area (Å²) < 4.78 is 4.77. The molecular formula is C15H20N2O3. The number of nitrogens with zero attached hydrogens (tertiary/aromatic N) is 1. The first kappa shape index (κ1) is 14.4. The Morgan fingerprint density at radius 3 is 2.70 bits per heavy atom. The van der Waals surface area contributed by atoms with E-state index >= 15 is 0 Å². The summed E-state index contributed by atoms with van der Waals surface area (Å²) in [5.41, 5.74) is 7.30. The van der Waals surface area contributed by atoms with Crippen molar-refractivity contribution in [3.8, 4) is 0 Å². The van der Waals surface area contributed by atoms with Crippen LogP contribution in [0.1, 0.15) is 12.5 Å². The summed E-state index contributed by atoms with van der Waals surface area (Å²) in [4.78, 5) is 25.6. The van der Waals surface area contributed by atoms with Gasteiger partial charge in [-0.1, -0.05) is 25.1 Å². The molecule has 1 fully saturated rings. The van der Waals surface area contributed by atoms with Gasteiger partial charge in [-0.3, -0.25) is 9.59 Å². The fourth-order valence-corrected chi connectivity index (χ4v) is 2.60. The Balaban J connectivity index is 2.01. The molecule has 20 heavy (non-hydrogen) atoms. The van der Waals surface area contributed by atoms with Gasteiger partial charge in [0.2, 0.25) is 5.91 Å². The molecule has 1 aliphatic heterocycles. The molecule has 0 aromatic heterocycles. The molecule has 1 amide bonds. The number of hydrogen-bond donors (Lipinski definition) is 1. The summed E-state index contributed by atoms with van der Waals surface area (Å²) in [5.74, 6) is -0.343. The lowest BCUT2D eigenvalue weighted by Gasteiger charge is -2.16. The van der Waals surface area contributed by atoms with Gasteiger partial charge in [0.15, 0.2) is 0 Å². The lowest BCUT2D eigenvalue weighted by molar-refractivity contribution is -0.146. The number of hydrogen-bond acceptors (Lipinski definition) is 4. The fraction of sp³-hybridized carbons (Fsp3) is 0.467. The van der Waals surface area contributed by atoms with Crippen LogP contribution in [-0.2, 0) is 20.7 Å². The summed E-state index contributed by atoms with van der Waals surface area (Å²) in [6, 6.07) is 7.34.